The molecule has 0 bridgehead atoms. The first-order chi connectivity index (χ1) is 7.44. The number of hydrogen-bond donors (Lipinski definition) is 2. The van der Waals surface area contributed by atoms with E-state index in [4.69, 9.17) is 0 Å². The first kappa shape index (κ1) is 14.8. The Labute approximate surface area is 106 Å². The summed E-state index contributed by atoms with van der Waals surface area (Å²) in [5.41, 5.74) is 0.365. The third-order valence-corrected chi connectivity index (χ3v) is 5.14. The van der Waals surface area contributed by atoms with E-state index >= 15 is 0 Å². The lowest BCUT2D eigenvalue weighted by Crippen LogP contribution is -2.30. The Morgan fingerprint density at radius 2 is 2.06 bits per heavy atom. The molecule has 0 amide bonds. The summed E-state index contributed by atoms with van der Waals surface area (Å²) in [6.45, 7) is 8.90. The molecule has 1 aliphatic rings. The summed E-state index contributed by atoms with van der Waals surface area (Å²) in [7, 11) is 2.70. The second-order valence-corrected chi connectivity index (χ2v) is 7.66. The minimum atomic E-state index is -0.0879. The van der Waals surface area contributed by atoms with Crippen LogP contribution in [0.5, 0.6) is 0 Å². The number of aliphatic hydroxyl groups excluding tert-OH is 1. The second-order valence-electron chi connectivity index (χ2n) is 6.03. The molecular weight excluding hydrogens is 237 g/mol. The minimum absolute atomic E-state index is 0.0879. The van der Waals surface area contributed by atoms with Crippen LogP contribution >= 0.6 is 19.8 Å². The third-order valence-electron chi connectivity index (χ3n) is 3.18. The van der Waals surface area contributed by atoms with Crippen LogP contribution in [0.25, 0.3) is 0 Å². The van der Waals surface area contributed by atoms with Gasteiger partial charge in [0.1, 0.15) is 0 Å². The maximum atomic E-state index is 9.79. The van der Waals surface area contributed by atoms with Crippen molar-refractivity contribution >= 4 is 19.8 Å². The molecular formula is C12H26NOPS. The molecule has 0 aromatic carbocycles. The standard InChI is InChI=1S/C12H26NOPS/c1-12(2,3)8-13-7-6-9-4-5-10(14)11(9)16-15/h9-11,13-14H,4-8,15H2,1-3H3/t9-,10-,11-/m0/s1. The van der Waals surface area contributed by atoms with Gasteiger partial charge >= 0.3 is 0 Å². The molecule has 96 valence electrons. The van der Waals surface area contributed by atoms with Crippen molar-refractivity contribution in [1.29, 1.82) is 0 Å². The van der Waals surface area contributed by atoms with E-state index in [0.29, 0.717) is 16.6 Å². The highest BCUT2D eigenvalue weighted by molar-refractivity contribution is 8.44. The number of aliphatic hydroxyl groups is 1. The monoisotopic (exact) mass is 263 g/mol. The Kier molecular flexibility index (Phi) is 6.07. The van der Waals surface area contributed by atoms with Gasteiger partial charge in [-0.1, -0.05) is 29.2 Å². The van der Waals surface area contributed by atoms with Crippen LogP contribution in [-0.2, 0) is 0 Å². The summed E-state index contributed by atoms with van der Waals surface area (Å²) >= 11 is 1.75. The Balaban J connectivity index is 2.18. The van der Waals surface area contributed by atoms with E-state index in [2.05, 4.69) is 34.5 Å². The molecule has 0 aliphatic heterocycles. The van der Waals surface area contributed by atoms with Gasteiger partial charge in [-0.3, -0.25) is 0 Å². The summed E-state index contributed by atoms with van der Waals surface area (Å²) in [4.78, 5) is 0. The Morgan fingerprint density at radius 1 is 1.38 bits per heavy atom. The lowest BCUT2D eigenvalue weighted by Gasteiger charge is -2.22. The normalized spacial score (nSPS) is 30.9. The van der Waals surface area contributed by atoms with Gasteiger partial charge in [-0.15, -0.1) is 11.4 Å². The fraction of sp³-hybridized carbons (Fsp3) is 1.00. The molecule has 0 aromatic heterocycles. The summed E-state index contributed by atoms with van der Waals surface area (Å²) in [6, 6.07) is 0. The van der Waals surface area contributed by atoms with Gasteiger partial charge in [0.05, 0.1) is 6.10 Å². The van der Waals surface area contributed by atoms with Gasteiger partial charge in [0.2, 0.25) is 0 Å². The number of nitrogens with one attached hydrogen (secondary N) is 1. The Morgan fingerprint density at radius 3 is 2.62 bits per heavy atom. The van der Waals surface area contributed by atoms with Crippen LogP contribution in [0.4, 0.5) is 0 Å². The molecule has 0 spiro atoms. The summed E-state index contributed by atoms with van der Waals surface area (Å²) in [5.74, 6) is 0.685. The molecule has 1 unspecified atom stereocenters. The van der Waals surface area contributed by atoms with Crippen LogP contribution in [-0.4, -0.2) is 29.5 Å². The highest BCUT2D eigenvalue weighted by Gasteiger charge is 2.33. The second kappa shape index (κ2) is 6.58. The molecule has 2 nitrogen and oxygen atoms in total. The molecule has 0 saturated heterocycles. The average Bonchev–Trinajstić information content (AvgIpc) is 2.52. The fourth-order valence-electron chi connectivity index (χ4n) is 2.29. The highest BCUT2D eigenvalue weighted by atomic mass is 32.7. The zero-order valence-corrected chi connectivity index (χ0v) is 12.7. The van der Waals surface area contributed by atoms with Gasteiger partial charge in [-0.05, 0) is 43.7 Å². The van der Waals surface area contributed by atoms with Gasteiger partial charge in [0, 0.05) is 5.25 Å². The number of rotatable bonds is 5. The molecule has 1 rings (SSSR count). The van der Waals surface area contributed by atoms with Gasteiger partial charge in [-0.2, -0.15) is 0 Å². The first-order valence-electron chi connectivity index (χ1n) is 6.18. The molecule has 1 saturated carbocycles. The smallest absolute Gasteiger partial charge is 0.0664 e. The van der Waals surface area contributed by atoms with E-state index in [1.807, 2.05) is 0 Å². The molecule has 1 aliphatic carbocycles. The van der Waals surface area contributed by atoms with Crippen LogP contribution in [0.2, 0.25) is 0 Å². The molecule has 4 heteroatoms. The fourth-order valence-corrected chi connectivity index (χ4v) is 4.31. The average molecular weight is 263 g/mol. The van der Waals surface area contributed by atoms with Crippen molar-refractivity contribution in [2.75, 3.05) is 13.1 Å². The van der Waals surface area contributed by atoms with Crippen molar-refractivity contribution in [3.8, 4) is 0 Å². The molecule has 1 fully saturated rings. The van der Waals surface area contributed by atoms with Gasteiger partial charge in [0.25, 0.3) is 0 Å². The predicted octanol–water partition coefficient (Wildman–Crippen LogP) is 2.68. The van der Waals surface area contributed by atoms with Crippen LogP contribution in [0, 0.1) is 11.3 Å². The van der Waals surface area contributed by atoms with Crippen molar-refractivity contribution in [1.82, 2.24) is 5.32 Å². The zero-order valence-electron chi connectivity index (χ0n) is 10.7. The molecule has 2 N–H and O–H groups in total. The molecule has 4 atom stereocenters. The zero-order chi connectivity index (χ0) is 12.2. The van der Waals surface area contributed by atoms with E-state index < -0.39 is 0 Å². The molecule has 0 heterocycles. The van der Waals surface area contributed by atoms with Crippen LogP contribution in [0.1, 0.15) is 40.0 Å². The quantitative estimate of drug-likeness (QED) is 0.591. The lowest BCUT2D eigenvalue weighted by molar-refractivity contribution is 0.183. The summed E-state index contributed by atoms with van der Waals surface area (Å²) in [5, 5.41) is 13.7. The minimum Gasteiger partial charge on any atom is -0.392 e. The van der Waals surface area contributed by atoms with Gasteiger partial charge in [-0.25, -0.2) is 0 Å². The molecule has 0 aromatic rings. The maximum absolute atomic E-state index is 9.79. The van der Waals surface area contributed by atoms with Crippen LogP contribution in [0.3, 0.4) is 0 Å². The summed E-state index contributed by atoms with van der Waals surface area (Å²) < 4.78 is 0. The van der Waals surface area contributed by atoms with E-state index in [-0.39, 0.29) is 6.10 Å². The van der Waals surface area contributed by atoms with Crippen molar-refractivity contribution < 1.29 is 5.11 Å². The third kappa shape index (κ3) is 4.91. The first-order valence-corrected chi connectivity index (χ1v) is 8.54. The topological polar surface area (TPSA) is 32.3 Å². The summed E-state index contributed by atoms with van der Waals surface area (Å²) in [6.07, 6.45) is 3.27. The van der Waals surface area contributed by atoms with E-state index in [1.54, 1.807) is 11.4 Å². The van der Waals surface area contributed by atoms with E-state index in [9.17, 15) is 5.11 Å². The highest BCUT2D eigenvalue weighted by Crippen LogP contribution is 2.39. The maximum Gasteiger partial charge on any atom is 0.0664 e. The largest absolute Gasteiger partial charge is 0.392 e. The van der Waals surface area contributed by atoms with Crippen molar-refractivity contribution in [2.24, 2.45) is 11.3 Å². The van der Waals surface area contributed by atoms with Gasteiger partial charge in [0.15, 0.2) is 0 Å². The van der Waals surface area contributed by atoms with Crippen LogP contribution < -0.4 is 5.32 Å². The van der Waals surface area contributed by atoms with Gasteiger partial charge < -0.3 is 10.4 Å². The molecule has 0 radical (unpaired) electrons. The lowest BCUT2D eigenvalue weighted by atomic mass is 9.96. The number of hydrogen-bond acceptors (Lipinski definition) is 3. The SMILES string of the molecule is CC(C)(C)CNCC[C@@H]1CC[C@H](O)[C@H]1SP. The van der Waals surface area contributed by atoms with Crippen molar-refractivity contribution in [3.63, 3.8) is 0 Å². The van der Waals surface area contributed by atoms with E-state index in [0.717, 1.165) is 19.5 Å². The van der Waals surface area contributed by atoms with Crippen molar-refractivity contribution in [3.05, 3.63) is 0 Å². The predicted molar refractivity (Wildman–Crippen MR) is 76.8 cm³/mol. The van der Waals surface area contributed by atoms with Crippen molar-refractivity contribution in [2.45, 2.75) is 51.4 Å². The Hall–Kier alpha value is 0.700. The molecule has 16 heavy (non-hydrogen) atoms. The van der Waals surface area contributed by atoms with E-state index in [1.165, 1.54) is 12.8 Å². The van der Waals surface area contributed by atoms with Crippen LogP contribution in [0.15, 0.2) is 0 Å². The Bertz CT molecular complexity index is 208.